The number of amides is 1. The first-order valence-electron chi connectivity index (χ1n) is 9.10. The molecule has 0 fully saturated rings. The Hall–Kier alpha value is -3.07. The molecule has 0 radical (unpaired) electrons. The molecule has 0 saturated heterocycles. The van der Waals surface area contributed by atoms with Crippen molar-refractivity contribution >= 4 is 28.0 Å². The minimum absolute atomic E-state index is 0.0148. The number of nitriles is 1. The highest BCUT2D eigenvalue weighted by molar-refractivity contribution is 8.26. The van der Waals surface area contributed by atoms with Gasteiger partial charge >= 0.3 is 0 Å². The molecule has 1 aliphatic heterocycles. The average Bonchev–Trinajstić information content (AvgIpc) is 2.73. The maximum absolute atomic E-state index is 14.7. The number of rotatable bonds is 4. The molecule has 0 aliphatic carbocycles. The summed E-state index contributed by atoms with van der Waals surface area (Å²) in [4.78, 5) is 20.4. The Labute approximate surface area is 179 Å². The van der Waals surface area contributed by atoms with E-state index in [-0.39, 0.29) is 28.3 Å². The van der Waals surface area contributed by atoms with Crippen molar-refractivity contribution in [3.8, 4) is 6.07 Å². The number of benzene rings is 1. The largest absolute Gasteiger partial charge is 0.386 e. The van der Waals surface area contributed by atoms with Gasteiger partial charge in [-0.15, -0.1) is 0 Å². The second-order valence-corrected chi connectivity index (χ2v) is 10.3. The minimum Gasteiger partial charge on any atom is -0.386 e. The number of nitrogens with one attached hydrogen (secondary N) is 1. The van der Waals surface area contributed by atoms with Crippen molar-refractivity contribution in [2.24, 2.45) is 10.7 Å². The number of carbonyl (C=O) groups is 1. The molecule has 164 valence electrons. The fraction of sp³-hybridized carbons (Fsp3) is 0.300. The molecule has 3 rings (SSSR count). The van der Waals surface area contributed by atoms with E-state index < -0.39 is 45.0 Å². The van der Waals surface area contributed by atoms with Gasteiger partial charge in [0.25, 0.3) is 5.91 Å². The highest BCUT2D eigenvalue weighted by Crippen LogP contribution is 2.59. The molecule has 1 amide bonds. The van der Waals surface area contributed by atoms with Gasteiger partial charge < -0.3 is 11.1 Å². The van der Waals surface area contributed by atoms with Crippen molar-refractivity contribution in [2.75, 3.05) is 17.7 Å². The molecule has 5 N–H and O–H groups in total. The third-order valence-electron chi connectivity index (χ3n) is 5.28. The lowest BCUT2D eigenvalue weighted by atomic mass is 9.92. The van der Waals surface area contributed by atoms with Gasteiger partial charge in [-0.05, 0) is 44.2 Å². The van der Waals surface area contributed by atoms with E-state index >= 15 is 0 Å². The van der Waals surface area contributed by atoms with Crippen LogP contribution in [0.3, 0.4) is 0 Å². The van der Waals surface area contributed by atoms with E-state index in [1.165, 1.54) is 44.3 Å². The summed E-state index contributed by atoms with van der Waals surface area (Å²) in [5, 5.41) is 11.3. The fourth-order valence-corrected chi connectivity index (χ4v) is 4.81. The van der Waals surface area contributed by atoms with Crippen LogP contribution in [0.4, 0.5) is 14.5 Å². The molecule has 1 atom stereocenters. The Kier molecular flexibility index (Phi) is 5.75. The molecule has 11 heteroatoms. The molecule has 0 saturated carbocycles. The Morgan fingerprint density at radius 2 is 2.06 bits per heavy atom. The zero-order chi connectivity index (χ0) is 23.0. The normalized spacial score (nSPS) is 22.7. The number of hydrogen-bond acceptors (Lipinski definition) is 7. The first-order valence-corrected chi connectivity index (χ1v) is 10.8. The minimum atomic E-state index is -3.47. The Bertz CT molecular complexity index is 1100. The van der Waals surface area contributed by atoms with E-state index in [1.807, 2.05) is 6.07 Å². The van der Waals surface area contributed by atoms with Crippen molar-refractivity contribution in [1.82, 2.24) is 4.98 Å². The van der Waals surface area contributed by atoms with Gasteiger partial charge in [0.15, 0.2) is 0 Å². The maximum atomic E-state index is 14.7. The number of nitrogens with two attached hydrogens (primary N) is 1. The predicted molar refractivity (Wildman–Crippen MR) is 114 cm³/mol. The van der Waals surface area contributed by atoms with Crippen LogP contribution in [0.1, 0.15) is 35.5 Å². The molecule has 0 unspecified atom stereocenters. The van der Waals surface area contributed by atoms with Crippen LogP contribution in [0, 0.1) is 17.1 Å². The maximum Gasteiger partial charge on any atom is 0.274 e. The van der Waals surface area contributed by atoms with Gasteiger partial charge in [-0.2, -0.15) is 15.9 Å². The lowest BCUT2D eigenvalue weighted by molar-refractivity contribution is 0.102. The predicted octanol–water partition coefficient (Wildman–Crippen LogP) is 3.41. The molecule has 2 aromatic rings. The number of anilines is 1. The van der Waals surface area contributed by atoms with Crippen LogP contribution < -0.4 is 11.1 Å². The highest BCUT2D eigenvalue weighted by atomic mass is 32.3. The van der Waals surface area contributed by atoms with Gasteiger partial charge in [-0.1, -0.05) is 0 Å². The number of aromatic nitrogens is 1. The quantitative estimate of drug-likeness (QED) is 0.563. The molecular formula is C20H21F2N5O3S. The van der Waals surface area contributed by atoms with E-state index in [4.69, 9.17) is 11.0 Å². The lowest BCUT2D eigenvalue weighted by Gasteiger charge is -2.53. The average molecular weight is 449 g/mol. The number of amidine groups is 1. The summed E-state index contributed by atoms with van der Waals surface area (Å²) in [6.07, 6.45) is 1.23. The molecule has 2 heterocycles. The van der Waals surface area contributed by atoms with Crippen LogP contribution in [-0.2, 0) is 5.54 Å². The zero-order valence-electron chi connectivity index (χ0n) is 16.8. The van der Waals surface area contributed by atoms with Crippen LogP contribution >= 0.6 is 10.6 Å². The Balaban J connectivity index is 1.99. The van der Waals surface area contributed by atoms with E-state index in [2.05, 4.69) is 15.3 Å². The zero-order valence-corrected chi connectivity index (χ0v) is 17.6. The van der Waals surface area contributed by atoms with Crippen molar-refractivity contribution in [2.45, 2.75) is 24.1 Å². The lowest BCUT2D eigenvalue weighted by Crippen LogP contribution is -2.53. The summed E-state index contributed by atoms with van der Waals surface area (Å²) in [6.45, 7) is 1.72. The van der Waals surface area contributed by atoms with Gasteiger partial charge in [0, 0.05) is 17.4 Å². The fourth-order valence-electron chi connectivity index (χ4n) is 3.11. The Morgan fingerprint density at radius 1 is 1.35 bits per heavy atom. The summed E-state index contributed by atoms with van der Waals surface area (Å²) in [6, 6.07) is 8.13. The summed E-state index contributed by atoms with van der Waals surface area (Å²) in [5.41, 5.74) is 4.11. The Morgan fingerprint density at radius 3 is 2.61 bits per heavy atom. The second-order valence-electron chi connectivity index (χ2n) is 7.68. The standard InChI is InChI=1S/C20H21F2N5O3S/c1-19(2)18(24)27-20(10-21,11-31(19,29)30)14-7-13(4-5-15(14)22)26-17(28)16-6-3-12(8-23)9-25-16/h3-7,9,29-30H,10-11H2,1-2H3,(H2,24,27)(H,26,28)/t20-/m1/s1. The molecule has 1 aromatic carbocycles. The first-order chi connectivity index (χ1) is 14.5. The van der Waals surface area contributed by atoms with E-state index in [9.17, 15) is 22.7 Å². The van der Waals surface area contributed by atoms with E-state index in [0.29, 0.717) is 0 Å². The first kappa shape index (κ1) is 22.6. The van der Waals surface area contributed by atoms with Gasteiger partial charge in [0.1, 0.15) is 40.4 Å². The van der Waals surface area contributed by atoms with Crippen molar-refractivity contribution < 1.29 is 22.7 Å². The number of pyridine rings is 1. The number of hydrogen-bond donors (Lipinski definition) is 4. The van der Waals surface area contributed by atoms with Gasteiger partial charge in [0.2, 0.25) is 0 Å². The molecule has 31 heavy (non-hydrogen) atoms. The van der Waals surface area contributed by atoms with Gasteiger partial charge in [-0.25, -0.2) is 13.8 Å². The van der Waals surface area contributed by atoms with Crippen molar-refractivity contribution in [3.63, 3.8) is 0 Å². The summed E-state index contributed by atoms with van der Waals surface area (Å²) in [7, 11) is -3.47. The van der Waals surface area contributed by atoms with Crippen molar-refractivity contribution in [3.05, 3.63) is 59.2 Å². The number of carbonyl (C=O) groups excluding carboxylic acids is 1. The number of aliphatic imine (C=N–C) groups is 1. The topological polar surface area (TPSA) is 145 Å². The van der Waals surface area contributed by atoms with Crippen molar-refractivity contribution in [1.29, 1.82) is 5.26 Å². The monoisotopic (exact) mass is 449 g/mol. The second kappa shape index (κ2) is 7.88. The summed E-state index contributed by atoms with van der Waals surface area (Å²) in [5.74, 6) is -2.23. The van der Waals surface area contributed by atoms with E-state index in [0.717, 1.165) is 6.07 Å². The number of nitrogens with zero attached hydrogens (tertiary/aromatic N) is 3. The van der Waals surface area contributed by atoms with Crippen LogP contribution in [0.2, 0.25) is 0 Å². The molecule has 1 aromatic heterocycles. The summed E-state index contributed by atoms with van der Waals surface area (Å²) < 4.78 is 48.8. The van der Waals surface area contributed by atoms with E-state index in [1.54, 1.807) is 0 Å². The summed E-state index contributed by atoms with van der Waals surface area (Å²) >= 11 is 0. The molecular weight excluding hydrogens is 428 g/mol. The highest BCUT2D eigenvalue weighted by Gasteiger charge is 2.51. The molecule has 0 bridgehead atoms. The molecule has 0 spiro atoms. The number of alkyl halides is 1. The molecule has 8 nitrogen and oxygen atoms in total. The van der Waals surface area contributed by atoms with Crippen LogP contribution in [0.5, 0.6) is 0 Å². The van der Waals surface area contributed by atoms with Crippen LogP contribution in [0.15, 0.2) is 41.5 Å². The number of halogens is 2. The van der Waals surface area contributed by atoms with Gasteiger partial charge in [0.05, 0.1) is 11.3 Å². The third-order valence-corrected chi connectivity index (χ3v) is 8.00. The van der Waals surface area contributed by atoms with Gasteiger partial charge in [-0.3, -0.25) is 18.9 Å². The third kappa shape index (κ3) is 3.97. The van der Waals surface area contributed by atoms with Crippen LogP contribution in [-0.4, -0.2) is 43.0 Å². The molecule has 1 aliphatic rings. The van der Waals surface area contributed by atoms with Crippen LogP contribution in [0.25, 0.3) is 0 Å². The smallest absolute Gasteiger partial charge is 0.274 e. The SMILES string of the molecule is CC1(C)C(N)=N[C@@](CF)(c2cc(NC(=O)c3ccc(C#N)cn3)ccc2F)CS1(O)O.